The van der Waals surface area contributed by atoms with Crippen LogP contribution in [-0.2, 0) is 19.1 Å². The average Bonchev–Trinajstić information content (AvgIpc) is 2.32. The van der Waals surface area contributed by atoms with Crippen LogP contribution >= 0.6 is 8.20 Å². The minimum atomic E-state index is -1.21. The van der Waals surface area contributed by atoms with E-state index in [1.54, 1.807) is 0 Å². The molecule has 0 heterocycles. The summed E-state index contributed by atoms with van der Waals surface area (Å²) in [4.78, 5) is 22.4. The summed E-state index contributed by atoms with van der Waals surface area (Å²) in [6.45, 7) is 5.77. The molecule has 0 aliphatic heterocycles. The zero-order chi connectivity index (χ0) is 14.3. The monoisotopic (exact) mass is 275 g/mol. The first-order chi connectivity index (χ1) is 8.20. The molecule has 0 aliphatic rings. The van der Waals surface area contributed by atoms with E-state index in [0.29, 0.717) is 8.20 Å². The van der Waals surface area contributed by atoms with Crippen molar-refractivity contribution in [2.24, 2.45) is 5.73 Å². The third-order valence-corrected chi connectivity index (χ3v) is 2.74. The molecule has 0 bridgehead atoms. The van der Waals surface area contributed by atoms with Crippen LogP contribution in [0.25, 0.3) is 0 Å². The molecule has 0 aromatic rings. The third-order valence-electron chi connectivity index (χ3n) is 1.90. The number of aliphatic hydroxyl groups excluding tert-OH is 1. The fourth-order valence-electron chi connectivity index (χ4n) is 0.726. The summed E-state index contributed by atoms with van der Waals surface area (Å²) in [5.41, 5.74) is 5.81. The molecule has 0 saturated heterocycles. The van der Waals surface area contributed by atoms with Crippen molar-refractivity contribution in [3.63, 3.8) is 0 Å². The number of carbonyl (C=O) groups excluding carboxylic acids is 2. The van der Waals surface area contributed by atoms with Gasteiger partial charge in [0.05, 0.1) is 0 Å². The Hall–Kier alpha value is -1.23. The Labute approximate surface area is 108 Å². The highest BCUT2D eigenvalue weighted by atomic mass is 31.1. The van der Waals surface area contributed by atoms with Crippen molar-refractivity contribution in [2.45, 2.75) is 25.2 Å². The first kappa shape index (κ1) is 16.8. The predicted octanol–water partition coefficient (Wildman–Crippen LogP) is 0.0629. The van der Waals surface area contributed by atoms with Crippen molar-refractivity contribution in [3.8, 4) is 0 Å². The molecule has 0 rings (SSSR count). The van der Waals surface area contributed by atoms with E-state index in [4.69, 9.17) is 10.5 Å². The molecule has 2 atom stereocenters. The Morgan fingerprint density at radius 1 is 1.44 bits per heavy atom. The van der Waals surface area contributed by atoms with Gasteiger partial charge < -0.3 is 20.3 Å². The SMILES string of the molecule is C=PC(C)(N)C(=O)OCC(O)COC(=O)C(=C)C. The fraction of sp³-hybridized carbons (Fsp3) is 0.545. The van der Waals surface area contributed by atoms with E-state index in [2.05, 4.69) is 17.6 Å². The maximum atomic E-state index is 11.4. The van der Waals surface area contributed by atoms with E-state index in [1.165, 1.54) is 13.8 Å². The maximum Gasteiger partial charge on any atom is 0.334 e. The molecule has 7 heteroatoms. The number of hydrogen-bond acceptors (Lipinski definition) is 6. The summed E-state index contributed by atoms with van der Waals surface area (Å²) in [6, 6.07) is 0. The maximum absolute atomic E-state index is 11.4. The molecule has 6 nitrogen and oxygen atoms in total. The normalized spacial score (nSPS) is 15.6. The van der Waals surface area contributed by atoms with Crippen LogP contribution in [0.5, 0.6) is 0 Å². The highest BCUT2D eigenvalue weighted by Gasteiger charge is 2.27. The number of nitrogens with two attached hydrogens (primary N) is 1. The zero-order valence-corrected chi connectivity index (χ0v) is 11.4. The van der Waals surface area contributed by atoms with Crippen molar-refractivity contribution < 1.29 is 24.2 Å². The summed E-state index contributed by atoms with van der Waals surface area (Å²) in [6.07, 6.45) is 2.39. The van der Waals surface area contributed by atoms with Crippen LogP contribution in [-0.4, -0.2) is 47.9 Å². The van der Waals surface area contributed by atoms with Gasteiger partial charge in [-0.05, 0) is 13.8 Å². The van der Waals surface area contributed by atoms with Crippen molar-refractivity contribution in [1.82, 2.24) is 0 Å². The van der Waals surface area contributed by atoms with Gasteiger partial charge in [0.2, 0.25) is 0 Å². The van der Waals surface area contributed by atoms with Gasteiger partial charge in [0.25, 0.3) is 0 Å². The molecule has 0 amide bonds. The molecule has 3 N–H and O–H groups in total. The van der Waals surface area contributed by atoms with Crippen LogP contribution in [0.3, 0.4) is 0 Å². The minimum Gasteiger partial charge on any atom is -0.461 e. The second-order valence-corrected chi connectivity index (χ2v) is 5.18. The lowest BCUT2D eigenvalue weighted by molar-refractivity contribution is -0.152. The van der Waals surface area contributed by atoms with Crippen LogP contribution in [0, 0.1) is 0 Å². The molecule has 0 radical (unpaired) electrons. The van der Waals surface area contributed by atoms with Gasteiger partial charge in [0.1, 0.15) is 19.3 Å². The standard InChI is InChI=1S/C11H18NO5P/c1-7(2)9(14)16-5-8(13)6-17-10(15)11(3,12)18-4/h8,13H,1,4-6,12H2,2-3H3. The second kappa shape index (κ2) is 7.26. The highest BCUT2D eigenvalue weighted by Crippen LogP contribution is 2.16. The number of esters is 2. The average molecular weight is 275 g/mol. The lowest BCUT2D eigenvalue weighted by Crippen LogP contribution is -2.42. The van der Waals surface area contributed by atoms with Crippen molar-refractivity contribution in [3.05, 3.63) is 12.2 Å². The predicted molar refractivity (Wildman–Crippen MR) is 69.4 cm³/mol. The molecule has 0 spiro atoms. The highest BCUT2D eigenvalue weighted by molar-refractivity contribution is 7.39. The van der Waals surface area contributed by atoms with Crippen molar-refractivity contribution in [1.29, 1.82) is 0 Å². The van der Waals surface area contributed by atoms with E-state index in [-0.39, 0.29) is 18.8 Å². The molecule has 2 unspecified atom stereocenters. The van der Waals surface area contributed by atoms with Gasteiger partial charge >= 0.3 is 11.9 Å². The number of rotatable bonds is 7. The van der Waals surface area contributed by atoms with Gasteiger partial charge in [0, 0.05) is 5.57 Å². The molecule has 0 fully saturated rings. The Bertz CT molecular complexity index is 353. The molecule has 0 saturated carbocycles. The summed E-state index contributed by atoms with van der Waals surface area (Å²) < 4.78 is 9.46. The molecule has 0 aromatic heterocycles. The van der Waals surface area contributed by atoms with Gasteiger partial charge in [-0.2, -0.15) is 0 Å². The number of hydrogen-bond donors (Lipinski definition) is 2. The zero-order valence-electron chi connectivity index (χ0n) is 10.5. The Balaban J connectivity index is 4.01. The van der Waals surface area contributed by atoms with Gasteiger partial charge in [0.15, 0.2) is 5.28 Å². The number of carbonyl (C=O) groups is 2. The lowest BCUT2D eigenvalue weighted by Gasteiger charge is -2.18. The van der Waals surface area contributed by atoms with E-state index >= 15 is 0 Å². The Kier molecular flexibility index (Phi) is 6.76. The van der Waals surface area contributed by atoms with Crippen LogP contribution in [0.1, 0.15) is 13.8 Å². The summed E-state index contributed by atoms with van der Waals surface area (Å²) >= 11 is 0. The van der Waals surface area contributed by atoms with Crippen LogP contribution in [0.2, 0.25) is 0 Å². The van der Waals surface area contributed by atoms with Gasteiger partial charge in [-0.25, -0.2) is 9.59 Å². The Morgan fingerprint density at radius 2 is 1.94 bits per heavy atom. The van der Waals surface area contributed by atoms with Gasteiger partial charge in [-0.15, -0.1) is 0 Å². The smallest absolute Gasteiger partial charge is 0.334 e. The molecule has 0 aromatic carbocycles. The van der Waals surface area contributed by atoms with E-state index in [0.717, 1.165) is 0 Å². The van der Waals surface area contributed by atoms with Crippen LogP contribution < -0.4 is 5.73 Å². The van der Waals surface area contributed by atoms with E-state index in [9.17, 15) is 14.7 Å². The van der Waals surface area contributed by atoms with Crippen molar-refractivity contribution >= 4 is 26.4 Å². The van der Waals surface area contributed by atoms with E-state index in [1.807, 2.05) is 0 Å². The quantitative estimate of drug-likeness (QED) is 0.387. The number of ether oxygens (including phenoxy) is 2. The fourth-order valence-corrected chi connectivity index (χ4v) is 0.919. The minimum absolute atomic E-state index is 0.226. The number of aliphatic hydroxyl groups is 1. The lowest BCUT2D eigenvalue weighted by atomic mass is 10.3. The van der Waals surface area contributed by atoms with Crippen LogP contribution in [0.4, 0.5) is 0 Å². The molecule has 18 heavy (non-hydrogen) atoms. The summed E-state index contributed by atoms with van der Waals surface area (Å²) in [7, 11) is 0.410. The molecule has 102 valence electrons. The summed E-state index contributed by atoms with van der Waals surface area (Å²) in [5, 5.41) is 8.21. The van der Waals surface area contributed by atoms with E-state index < -0.39 is 23.3 Å². The van der Waals surface area contributed by atoms with Crippen LogP contribution in [0.15, 0.2) is 12.2 Å². The first-order valence-corrected chi connectivity index (χ1v) is 6.23. The summed E-state index contributed by atoms with van der Waals surface area (Å²) in [5.74, 6) is -1.29. The topological polar surface area (TPSA) is 98.9 Å². The van der Waals surface area contributed by atoms with Crippen molar-refractivity contribution in [2.75, 3.05) is 13.2 Å². The third kappa shape index (κ3) is 5.91. The molecular formula is C11H18NO5P. The second-order valence-electron chi connectivity index (χ2n) is 3.94. The molecular weight excluding hydrogens is 257 g/mol. The first-order valence-electron chi connectivity index (χ1n) is 5.15. The largest absolute Gasteiger partial charge is 0.461 e. The molecule has 0 aliphatic carbocycles. The Morgan fingerprint density at radius 3 is 2.39 bits per heavy atom. The van der Waals surface area contributed by atoms with Gasteiger partial charge in [-0.3, -0.25) is 0 Å². The van der Waals surface area contributed by atoms with Gasteiger partial charge in [-0.1, -0.05) is 21.1 Å².